The maximum absolute atomic E-state index is 5.28. The van der Waals surface area contributed by atoms with Crippen molar-refractivity contribution in [1.29, 1.82) is 0 Å². The fraction of sp³-hybridized carbons (Fsp3) is 0.500. The van der Waals surface area contributed by atoms with Crippen LogP contribution in [-0.4, -0.2) is 15.2 Å². The number of hydrogen-bond acceptors (Lipinski definition) is 1. The lowest BCUT2D eigenvalue weighted by molar-refractivity contribution is 0.413. The number of ether oxygens (including phenoxy) is 1. The van der Waals surface area contributed by atoms with Crippen molar-refractivity contribution in [2.75, 3.05) is 7.11 Å². The van der Waals surface area contributed by atoms with Crippen LogP contribution in [0.2, 0.25) is 19.6 Å². The second-order valence-electron chi connectivity index (χ2n) is 6.09. The van der Waals surface area contributed by atoms with Crippen LogP contribution >= 0.6 is 0 Å². The van der Waals surface area contributed by atoms with Gasteiger partial charge in [-0.15, -0.1) is 11.5 Å². The van der Waals surface area contributed by atoms with Crippen molar-refractivity contribution in [3.63, 3.8) is 0 Å². The Morgan fingerprint density at radius 1 is 1.22 bits per heavy atom. The van der Waals surface area contributed by atoms with Crippen molar-refractivity contribution in [1.82, 2.24) is 0 Å². The van der Waals surface area contributed by atoms with Crippen molar-refractivity contribution in [3.05, 3.63) is 29.3 Å². The Morgan fingerprint density at radius 2 is 2.00 bits per heavy atom. The average Bonchev–Trinajstić information content (AvgIpc) is 2.34. The number of fused-ring (bicyclic) bond motifs is 1. The average molecular weight is 258 g/mol. The summed E-state index contributed by atoms with van der Waals surface area (Å²) in [5.41, 5.74) is 6.41. The standard InChI is InChI=1S/C16H22OSi/c1-17-16-8-7-14-11-13(5-6-15(14)12-16)9-10-18(2,3)4/h7-8,12-13H,5-6,11H2,1-4H3. The summed E-state index contributed by atoms with van der Waals surface area (Å²) in [5, 5.41) is 0. The molecular weight excluding hydrogens is 236 g/mol. The van der Waals surface area contributed by atoms with Crippen LogP contribution in [0.3, 0.4) is 0 Å². The van der Waals surface area contributed by atoms with Gasteiger partial charge in [0, 0.05) is 5.92 Å². The van der Waals surface area contributed by atoms with E-state index in [0.717, 1.165) is 18.6 Å². The van der Waals surface area contributed by atoms with E-state index in [2.05, 4.69) is 49.3 Å². The molecule has 0 bridgehead atoms. The highest BCUT2D eigenvalue weighted by Gasteiger charge is 2.18. The summed E-state index contributed by atoms with van der Waals surface area (Å²) in [6.45, 7) is 6.92. The monoisotopic (exact) mass is 258 g/mol. The van der Waals surface area contributed by atoms with Gasteiger partial charge in [-0.05, 0) is 42.5 Å². The molecule has 0 saturated carbocycles. The third kappa shape index (κ3) is 3.40. The van der Waals surface area contributed by atoms with Crippen molar-refractivity contribution in [3.8, 4) is 17.2 Å². The molecule has 0 aromatic heterocycles. The summed E-state index contributed by atoms with van der Waals surface area (Å²) in [6.07, 6.45) is 3.44. The quantitative estimate of drug-likeness (QED) is 0.551. The smallest absolute Gasteiger partial charge is 0.129 e. The third-order valence-corrected chi connectivity index (χ3v) is 4.19. The topological polar surface area (TPSA) is 9.23 Å². The number of methoxy groups -OCH3 is 1. The van der Waals surface area contributed by atoms with Crippen LogP contribution in [-0.2, 0) is 12.8 Å². The van der Waals surface area contributed by atoms with Gasteiger partial charge in [0.1, 0.15) is 13.8 Å². The molecule has 1 aliphatic carbocycles. The first-order valence-electron chi connectivity index (χ1n) is 6.66. The minimum Gasteiger partial charge on any atom is -0.497 e. The molecule has 0 saturated heterocycles. The number of rotatable bonds is 1. The molecule has 1 aliphatic rings. The zero-order valence-electron chi connectivity index (χ0n) is 11.8. The highest BCUT2D eigenvalue weighted by atomic mass is 28.3. The van der Waals surface area contributed by atoms with E-state index in [-0.39, 0.29) is 0 Å². The molecule has 0 N–H and O–H groups in total. The summed E-state index contributed by atoms with van der Waals surface area (Å²) in [7, 11) is 0.500. The first-order chi connectivity index (χ1) is 8.48. The lowest BCUT2D eigenvalue weighted by Crippen LogP contribution is -2.18. The number of hydrogen-bond donors (Lipinski definition) is 0. The van der Waals surface area contributed by atoms with Crippen molar-refractivity contribution < 1.29 is 4.74 Å². The van der Waals surface area contributed by atoms with E-state index in [1.807, 2.05) is 0 Å². The summed E-state index contributed by atoms with van der Waals surface area (Å²) in [4.78, 5) is 0. The minimum atomic E-state index is -1.23. The molecule has 1 aromatic carbocycles. The Labute approximate surface area is 112 Å². The molecule has 1 nitrogen and oxygen atoms in total. The molecule has 0 spiro atoms. The molecule has 18 heavy (non-hydrogen) atoms. The molecule has 0 heterocycles. The van der Waals surface area contributed by atoms with E-state index in [9.17, 15) is 0 Å². The maximum Gasteiger partial charge on any atom is 0.129 e. The van der Waals surface area contributed by atoms with Crippen molar-refractivity contribution >= 4 is 8.07 Å². The zero-order chi connectivity index (χ0) is 13.2. The molecule has 0 fully saturated rings. The highest BCUT2D eigenvalue weighted by molar-refractivity contribution is 6.83. The molecule has 2 rings (SSSR count). The number of aryl methyl sites for hydroxylation is 1. The van der Waals surface area contributed by atoms with E-state index in [4.69, 9.17) is 4.74 Å². The zero-order valence-corrected chi connectivity index (χ0v) is 12.8. The van der Waals surface area contributed by atoms with E-state index < -0.39 is 8.07 Å². The van der Waals surface area contributed by atoms with Crippen LogP contribution in [0.1, 0.15) is 17.5 Å². The predicted octanol–water partition coefficient (Wildman–Crippen LogP) is 3.68. The molecule has 96 valence electrons. The van der Waals surface area contributed by atoms with Gasteiger partial charge in [-0.1, -0.05) is 25.7 Å². The van der Waals surface area contributed by atoms with E-state index in [0.29, 0.717) is 5.92 Å². The van der Waals surface area contributed by atoms with Crippen LogP contribution in [0.25, 0.3) is 0 Å². The molecular formula is C16H22OSi. The van der Waals surface area contributed by atoms with Gasteiger partial charge in [-0.2, -0.15) is 0 Å². The Kier molecular flexibility index (Phi) is 3.82. The second-order valence-corrected chi connectivity index (χ2v) is 10.8. The summed E-state index contributed by atoms with van der Waals surface area (Å²) < 4.78 is 5.28. The molecule has 1 aromatic rings. The fourth-order valence-electron chi connectivity index (χ4n) is 2.30. The van der Waals surface area contributed by atoms with Gasteiger partial charge in [0.15, 0.2) is 0 Å². The summed E-state index contributed by atoms with van der Waals surface area (Å²) >= 11 is 0. The van der Waals surface area contributed by atoms with Gasteiger partial charge in [-0.25, -0.2) is 0 Å². The molecule has 1 atom stereocenters. The molecule has 0 amide bonds. The van der Waals surface area contributed by atoms with E-state index in [1.165, 1.54) is 17.5 Å². The van der Waals surface area contributed by atoms with Crippen LogP contribution in [0.4, 0.5) is 0 Å². The molecule has 0 radical (unpaired) electrons. The van der Waals surface area contributed by atoms with Gasteiger partial charge in [-0.3, -0.25) is 0 Å². The highest BCUT2D eigenvalue weighted by Crippen LogP contribution is 2.28. The Hall–Kier alpha value is -1.20. The van der Waals surface area contributed by atoms with Gasteiger partial charge >= 0.3 is 0 Å². The first kappa shape index (κ1) is 13.2. The summed E-state index contributed by atoms with van der Waals surface area (Å²) in [6, 6.07) is 6.45. The normalized spacial score (nSPS) is 18.6. The van der Waals surface area contributed by atoms with E-state index >= 15 is 0 Å². The fourth-order valence-corrected chi connectivity index (χ4v) is 2.94. The van der Waals surface area contributed by atoms with Crippen LogP contribution in [0.15, 0.2) is 18.2 Å². The van der Waals surface area contributed by atoms with Gasteiger partial charge in [0.05, 0.1) is 7.11 Å². The largest absolute Gasteiger partial charge is 0.497 e. The van der Waals surface area contributed by atoms with Crippen LogP contribution in [0, 0.1) is 17.4 Å². The SMILES string of the molecule is COc1ccc2c(c1)CCC(C#C[Si](C)(C)C)C2. The Balaban J connectivity index is 2.13. The first-order valence-corrected chi connectivity index (χ1v) is 10.2. The molecule has 0 aliphatic heterocycles. The lowest BCUT2D eigenvalue weighted by Gasteiger charge is -2.21. The van der Waals surface area contributed by atoms with Crippen molar-refractivity contribution in [2.45, 2.75) is 38.9 Å². The van der Waals surface area contributed by atoms with E-state index in [1.54, 1.807) is 7.11 Å². The Morgan fingerprint density at radius 3 is 2.67 bits per heavy atom. The summed E-state index contributed by atoms with van der Waals surface area (Å²) in [5.74, 6) is 5.04. The van der Waals surface area contributed by atoms with Gasteiger partial charge in [0.2, 0.25) is 0 Å². The van der Waals surface area contributed by atoms with Crippen LogP contribution in [0.5, 0.6) is 5.75 Å². The second kappa shape index (κ2) is 5.20. The maximum atomic E-state index is 5.28. The molecule has 2 heteroatoms. The third-order valence-electron chi connectivity index (χ3n) is 3.29. The minimum absolute atomic E-state index is 0.553. The van der Waals surface area contributed by atoms with Gasteiger partial charge < -0.3 is 4.74 Å². The lowest BCUT2D eigenvalue weighted by atomic mass is 9.84. The predicted molar refractivity (Wildman–Crippen MR) is 79.6 cm³/mol. The Bertz CT molecular complexity index is 488. The number of benzene rings is 1. The molecule has 1 unspecified atom stereocenters. The van der Waals surface area contributed by atoms with Gasteiger partial charge in [0.25, 0.3) is 0 Å². The van der Waals surface area contributed by atoms with Crippen molar-refractivity contribution in [2.24, 2.45) is 5.92 Å². The van der Waals surface area contributed by atoms with Crippen LogP contribution < -0.4 is 4.74 Å².